The fourth-order valence-corrected chi connectivity index (χ4v) is 2.91. The molecule has 28 heavy (non-hydrogen) atoms. The number of ether oxygens (including phenoxy) is 2. The molecule has 0 aliphatic carbocycles. The zero-order chi connectivity index (χ0) is 19.9. The first kappa shape index (κ1) is 19.4. The molecule has 3 rings (SSSR count). The minimum absolute atomic E-state index is 0.192. The molecule has 5 nitrogen and oxygen atoms in total. The highest BCUT2D eigenvalue weighted by atomic mass is 16.5. The summed E-state index contributed by atoms with van der Waals surface area (Å²) in [5.74, 6) is 1.67. The van der Waals surface area contributed by atoms with Crippen molar-refractivity contribution in [3.63, 3.8) is 0 Å². The van der Waals surface area contributed by atoms with E-state index in [9.17, 15) is 4.79 Å². The molecule has 3 aromatic rings. The van der Waals surface area contributed by atoms with E-state index in [1.54, 1.807) is 13.2 Å². The zero-order valence-electron chi connectivity index (χ0n) is 16.4. The van der Waals surface area contributed by atoms with Crippen molar-refractivity contribution in [2.24, 2.45) is 0 Å². The first-order valence-corrected chi connectivity index (χ1v) is 9.29. The molecule has 2 aromatic carbocycles. The van der Waals surface area contributed by atoms with Crippen LogP contribution in [0.5, 0.6) is 17.2 Å². The van der Waals surface area contributed by atoms with Gasteiger partial charge in [-0.25, -0.2) is 0 Å². The first-order valence-electron chi connectivity index (χ1n) is 9.29. The van der Waals surface area contributed by atoms with Crippen molar-refractivity contribution in [1.82, 2.24) is 4.98 Å². The normalized spacial score (nSPS) is 10.4. The maximum absolute atomic E-state index is 12.7. The molecular formula is C23H24N2O3. The Bertz CT molecular complexity index is 970. The molecule has 0 saturated heterocycles. The van der Waals surface area contributed by atoms with Gasteiger partial charge >= 0.3 is 0 Å². The maximum Gasteiger partial charge on any atom is 0.257 e. The summed E-state index contributed by atoms with van der Waals surface area (Å²) in [6.07, 6.45) is 1.93. The Morgan fingerprint density at radius 2 is 1.82 bits per heavy atom. The predicted molar refractivity (Wildman–Crippen MR) is 110 cm³/mol. The van der Waals surface area contributed by atoms with Crippen molar-refractivity contribution in [2.75, 3.05) is 12.4 Å². The summed E-state index contributed by atoms with van der Waals surface area (Å²) in [6, 6.07) is 18.4. The van der Waals surface area contributed by atoms with E-state index in [1.165, 1.54) is 0 Å². The minimum Gasteiger partial charge on any atom is -0.493 e. The van der Waals surface area contributed by atoms with E-state index >= 15 is 0 Å². The van der Waals surface area contributed by atoms with Crippen molar-refractivity contribution in [2.45, 2.75) is 26.7 Å². The van der Waals surface area contributed by atoms with Crippen LogP contribution < -0.4 is 14.8 Å². The van der Waals surface area contributed by atoms with Crippen LogP contribution in [0.3, 0.4) is 0 Å². The quantitative estimate of drug-likeness (QED) is 0.600. The number of carbonyl (C=O) groups excluding carboxylic acids is 1. The summed E-state index contributed by atoms with van der Waals surface area (Å²) < 4.78 is 11.2. The highest BCUT2D eigenvalue weighted by Crippen LogP contribution is 2.31. The van der Waals surface area contributed by atoms with Crippen molar-refractivity contribution in [1.29, 1.82) is 0 Å². The fraction of sp³-hybridized carbons (Fsp3) is 0.217. The molecule has 0 unspecified atom stereocenters. The van der Waals surface area contributed by atoms with Gasteiger partial charge < -0.3 is 14.8 Å². The van der Waals surface area contributed by atoms with Gasteiger partial charge in [0.05, 0.1) is 18.4 Å². The van der Waals surface area contributed by atoms with E-state index in [-0.39, 0.29) is 5.91 Å². The topological polar surface area (TPSA) is 60.5 Å². The number of methoxy groups -OCH3 is 1. The minimum atomic E-state index is -0.192. The second kappa shape index (κ2) is 9.04. The molecule has 0 radical (unpaired) electrons. The Balaban J connectivity index is 1.75. The summed E-state index contributed by atoms with van der Waals surface area (Å²) >= 11 is 0. The van der Waals surface area contributed by atoms with Gasteiger partial charge in [0.1, 0.15) is 5.75 Å². The Kier molecular flexibility index (Phi) is 6.27. The molecule has 0 spiro atoms. The number of hydrogen-bond acceptors (Lipinski definition) is 4. The average Bonchev–Trinajstić information content (AvgIpc) is 2.69. The van der Waals surface area contributed by atoms with Crippen LogP contribution in [0.4, 0.5) is 5.69 Å². The highest BCUT2D eigenvalue weighted by Gasteiger charge is 2.12. The van der Waals surface area contributed by atoms with Crippen LogP contribution in [-0.2, 0) is 6.42 Å². The lowest BCUT2D eigenvalue weighted by Gasteiger charge is -2.12. The van der Waals surface area contributed by atoms with Crippen molar-refractivity contribution >= 4 is 11.6 Å². The van der Waals surface area contributed by atoms with Gasteiger partial charge in [0, 0.05) is 17.4 Å². The number of anilines is 1. The molecule has 0 fully saturated rings. The number of aromatic nitrogens is 1. The second-order valence-electron chi connectivity index (χ2n) is 6.42. The average molecular weight is 376 g/mol. The SMILES string of the molecule is CCCc1ccc(C(=O)Nc2cccc(Oc3ccccc3OC)c2)c(C)n1. The summed E-state index contributed by atoms with van der Waals surface area (Å²) in [5, 5.41) is 2.92. The lowest BCUT2D eigenvalue weighted by atomic mass is 10.1. The standard InChI is InChI=1S/C23H24N2O3/c1-4-8-17-13-14-20(16(2)24-17)23(26)25-18-9-7-10-19(15-18)28-22-12-6-5-11-21(22)27-3/h5-7,9-15H,4,8H2,1-3H3,(H,25,26). The van der Waals surface area contributed by atoms with E-state index in [0.29, 0.717) is 28.5 Å². The number of nitrogens with zero attached hydrogens (tertiary/aromatic N) is 1. The largest absolute Gasteiger partial charge is 0.493 e. The van der Waals surface area contributed by atoms with Crippen LogP contribution in [0.15, 0.2) is 60.7 Å². The molecule has 1 heterocycles. The Hall–Kier alpha value is -3.34. The molecule has 0 saturated carbocycles. The lowest BCUT2D eigenvalue weighted by Crippen LogP contribution is -2.14. The smallest absolute Gasteiger partial charge is 0.257 e. The number of hydrogen-bond donors (Lipinski definition) is 1. The van der Waals surface area contributed by atoms with Crippen LogP contribution >= 0.6 is 0 Å². The van der Waals surface area contributed by atoms with E-state index in [0.717, 1.165) is 24.2 Å². The van der Waals surface area contributed by atoms with Crippen molar-refractivity contribution in [3.05, 3.63) is 77.6 Å². The van der Waals surface area contributed by atoms with Crippen LogP contribution in [0, 0.1) is 6.92 Å². The number of aryl methyl sites for hydroxylation is 2. The zero-order valence-corrected chi connectivity index (χ0v) is 16.4. The van der Waals surface area contributed by atoms with Crippen molar-refractivity contribution < 1.29 is 14.3 Å². The molecule has 144 valence electrons. The van der Waals surface area contributed by atoms with Gasteiger partial charge in [0.15, 0.2) is 11.5 Å². The van der Waals surface area contributed by atoms with E-state index < -0.39 is 0 Å². The predicted octanol–water partition coefficient (Wildman–Crippen LogP) is 5.40. The van der Waals surface area contributed by atoms with Crippen LogP contribution in [0.2, 0.25) is 0 Å². The molecule has 5 heteroatoms. The van der Waals surface area contributed by atoms with E-state index in [4.69, 9.17) is 9.47 Å². The highest BCUT2D eigenvalue weighted by molar-refractivity contribution is 6.05. The third kappa shape index (κ3) is 4.68. The van der Waals surface area contributed by atoms with Crippen molar-refractivity contribution in [3.8, 4) is 17.2 Å². The number of para-hydroxylation sites is 2. The third-order valence-corrected chi connectivity index (χ3v) is 4.28. The van der Waals surface area contributed by atoms with Gasteiger partial charge in [-0.15, -0.1) is 0 Å². The number of carbonyl (C=O) groups is 1. The maximum atomic E-state index is 12.7. The molecule has 1 aromatic heterocycles. The van der Waals surface area contributed by atoms with Gasteiger partial charge in [-0.05, 0) is 49.7 Å². The monoisotopic (exact) mass is 376 g/mol. The van der Waals surface area contributed by atoms with E-state index in [1.807, 2.05) is 61.5 Å². The Labute approximate surface area is 165 Å². The van der Waals surface area contributed by atoms with E-state index in [2.05, 4.69) is 17.2 Å². The molecule has 0 aliphatic heterocycles. The summed E-state index contributed by atoms with van der Waals surface area (Å²) in [5.41, 5.74) is 2.94. The summed E-state index contributed by atoms with van der Waals surface area (Å²) in [4.78, 5) is 17.2. The fourth-order valence-electron chi connectivity index (χ4n) is 2.91. The number of nitrogens with one attached hydrogen (secondary N) is 1. The molecule has 1 N–H and O–H groups in total. The lowest BCUT2D eigenvalue weighted by molar-refractivity contribution is 0.102. The number of benzene rings is 2. The van der Waals surface area contributed by atoms with Gasteiger partial charge in [0.25, 0.3) is 5.91 Å². The van der Waals surface area contributed by atoms with Crippen LogP contribution in [-0.4, -0.2) is 18.0 Å². The second-order valence-corrected chi connectivity index (χ2v) is 6.42. The number of pyridine rings is 1. The molecular weight excluding hydrogens is 352 g/mol. The molecule has 0 bridgehead atoms. The Morgan fingerprint density at radius 1 is 1.04 bits per heavy atom. The number of amides is 1. The Morgan fingerprint density at radius 3 is 2.54 bits per heavy atom. The third-order valence-electron chi connectivity index (χ3n) is 4.28. The van der Waals surface area contributed by atoms with Gasteiger partial charge in [-0.1, -0.05) is 31.5 Å². The van der Waals surface area contributed by atoms with Crippen LogP contribution in [0.25, 0.3) is 0 Å². The molecule has 0 aliphatic rings. The molecule has 1 amide bonds. The van der Waals surface area contributed by atoms with Crippen LogP contribution in [0.1, 0.15) is 35.1 Å². The van der Waals surface area contributed by atoms with Gasteiger partial charge in [-0.2, -0.15) is 0 Å². The summed E-state index contributed by atoms with van der Waals surface area (Å²) in [7, 11) is 1.60. The van der Waals surface area contributed by atoms with Gasteiger partial charge in [0.2, 0.25) is 0 Å². The summed E-state index contributed by atoms with van der Waals surface area (Å²) in [6.45, 7) is 3.97. The number of rotatable bonds is 7. The van der Waals surface area contributed by atoms with Gasteiger partial charge in [-0.3, -0.25) is 9.78 Å². The molecule has 0 atom stereocenters. The first-order chi connectivity index (χ1) is 13.6.